The monoisotopic (exact) mass is 298 g/mol. The summed E-state index contributed by atoms with van der Waals surface area (Å²) in [7, 11) is 0. The molecule has 2 rings (SSSR count). The number of nitrogens with zero attached hydrogens (tertiary/aromatic N) is 1. The van der Waals surface area contributed by atoms with E-state index in [1.807, 2.05) is 4.90 Å². The summed E-state index contributed by atoms with van der Waals surface area (Å²) in [4.78, 5) is 13.9. The molecule has 1 aliphatic rings. The first-order valence-electron chi connectivity index (χ1n) is 7.11. The molecule has 1 amide bonds. The molecule has 0 saturated carbocycles. The number of carbonyl (C=O) groups excluding carboxylic acids is 1. The number of anilines is 1. The molecule has 0 aliphatic carbocycles. The van der Waals surface area contributed by atoms with Gasteiger partial charge in [-0.25, -0.2) is 8.78 Å². The zero-order valence-electron chi connectivity index (χ0n) is 12.0. The van der Waals surface area contributed by atoms with E-state index in [9.17, 15) is 18.7 Å². The van der Waals surface area contributed by atoms with Crippen molar-refractivity contribution in [3.05, 3.63) is 29.8 Å². The van der Waals surface area contributed by atoms with Crippen LogP contribution in [0.2, 0.25) is 0 Å². The quantitative estimate of drug-likeness (QED) is 0.894. The van der Waals surface area contributed by atoms with Gasteiger partial charge in [0.05, 0.1) is 12.6 Å². The minimum absolute atomic E-state index is 0.176. The van der Waals surface area contributed by atoms with Crippen molar-refractivity contribution in [3.8, 4) is 0 Å². The fourth-order valence-electron chi connectivity index (χ4n) is 2.61. The molecule has 1 saturated heterocycles. The van der Waals surface area contributed by atoms with Crippen LogP contribution in [0.1, 0.15) is 19.8 Å². The van der Waals surface area contributed by atoms with Gasteiger partial charge in [-0.3, -0.25) is 9.69 Å². The SMILES string of the molecule is CC(O)C1CCCN(CC(=O)Nc2ccc(F)c(F)c2)C1. The smallest absolute Gasteiger partial charge is 0.238 e. The van der Waals surface area contributed by atoms with Gasteiger partial charge in [0.25, 0.3) is 0 Å². The van der Waals surface area contributed by atoms with E-state index in [2.05, 4.69) is 5.32 Å². The molecule has 1 aromatic carbocycles. The number of aliphatic hydroxyl groups excluding tert-OH is 1. The zero-order valence-corrected chi connectivity index (χ0v) is 12.0. The number of amides is 1. The highest BCUT2D eigenvalue weighted by atomic mass is 19.2. The van der Waals surface area contributed by atoms with Crippen LogP contribution >= 0.6 is 0 Å². The minimum Gasteiger partial charge on any atom is -0.393 e. The third-order valence-corrected chi connectivity index (χ3v) is 3.79. The summed E-state index contributed by atoms with van der Waals surface area (Å²) in [5.74, 6) is -2.02. The Balaban J connectivity index is 1.87. The second-order valence-corrected chi connectivity index (χ2v) is 5.56. The maximum atomic E-state index is 13.1. The molecule has 0 bridgehead atoms. The molecule has 0 aromatic heterocycles. The lowest BCUT2D eigenvalue weighted by Gasteiger charge is -2.33. The van der Waals surface area contributed by atoms with Crippen LogP contribution in [0.4, 0.5) is 14.5 Å². The number of carbonyl (C=O) groups is 1. The predicted molar refractivity (Wildman–Crippen MR) is 75.8 cm³/mol. The van der Waals surface area contributed by atoms with E-state index < -0.39 is 11.6 Å². The van der Waals surface area contributed by atoms with Crippen molar-refractivity contribution in [2.24, 2.45) is 5.92 Å². The van der Waals surface area contributed by atoms with Crippen LogP contribution in [0.15, 0.2) is 18.2 Å². The molecule has 0 radical (unpaired) electrons. The lowest BCUT2D eigenvalue weighted by Crippen LogP contribution is -2.43. The second-order valence-electron chi connectivity index (χ2n) is 5.56. The lowest BCUT2D eigenvalue weighted by molar-refractivity contribution is -0.118. The summed E-state index contributed by atoms with van der Waals surface area (Å²) < 4.78 is 25.9. The van der Waals surface area contributed by atoms with E-state index in [1.54, 1.807) is 6.92 Å². The zero-order chi connectivity index (χ0) is 15.4. The molecule has 21 heavy (non-hydrogen) atoms. The summed E-state index contributed by atoms with van der Waals surface area (Å²) in [5.41, 5.74) is 0.239. The molecule has 2 unspecified atom stereocenters. The number of halogens is 2. The van der Waals surface area contributed by atoms with Gasteiger partial charge in [0, 0.05) is 18.3 Å². The minimum atomic E-state index is -0.986. The van der Waals surface area contributed by atoms with Crippen LogP contribution in [0, 0.1) is 17.6 Å². The summed E-state index contributed by atoms with van der Waals surface area (Å²) in [6.45, 7) is 3.41. The molecule has 4 nitrogen and oxygen atoms in total. The van der Waals surface area contributed by atoms with E-state index in [4.69, 9.17) is 0 Å². The van der Waals surface area contributed by atoms with E-state index in [1.165, 1.54) is 6.07 Å². The Labute approximate surface area is 122 Å². The van der Waals surface area contributed by atoms with Crippen molar-refractivity contribution in [2.45, 2.75) is 25.9 Å². The number of hydrogen-bond donors (Lipinski definition) is 2. The molecule has 116 valence electrons. The fourth-order valence-corrected chi connectivity index (χ4v) is 2.61. The standard InChI is InChI=1S/C15H20F2N2O2/c1-10(20)11-3-2-6-19(8-11)9-15(21)18-12-4-5-13(16)14(17)7-12/h4-5,7,10-11,20H,2-3,6,8-9H2,1H3,(H,18,21). The van der Waals surface area contributed by atoms with Gasteiger partial charge in [-0.05, 0) is 44.4 Å². The molecule has 2 N–H and O–H groups in total. The van der Waals surface area contributed by atoms with Crippen LogP contribution < -0.4 is 5.32 Å². The molecule has 1 heterocycles. The number of aliphatic hydroxyl groups is 1. The average Bonchev–Trinajstić information content (AvgIpc) is 2.43. The highest BCUT2D eigenvalue weighted by Crippen LogP contribution is 2.19. The van der Waals surface area contributed by atoms with Crippen molar-refractivity contribution in [1.82, 2.24) is 4.90 Å². The van der Waals surface area contributed by atoms with Crippen molar-refractivity contribution in [1.29, 1.82) is 0 Å². The van der Waals surface area contributed by atoms with Crippen LogP contribution in [-0.2, 0) is 4.79 Å². The Kier molecular flexibility index (Phi) is 5.25. The van der Waals surface area contributed by atoms with E-state index in [0.717, 1.165) is 31.5 Å². The van der Waals surface area contributed by atoms with Gasteiger partial charge in [0.1, 0.15) is 0 Å². The Hall–Kier alpha value is -1.53. The van der Waals surface area contributed by atoms with Gasteiger partial charge < -0.3 is 10.4 Å². The van der Waals surface area contributed by atoms with Crippen molar-refractivity contribution >= 4 is 11.6 Å². The molecule has 6 heteroatoms. The first kappa shape index (κ1) is 15.9. The Bertz CT molecular complexity index is 508. The van der Waals surface area contributed by atoms with Crippen LogP contribution in [0.5, 0.6) is 0 Å². The van der Waals surface area contributed by atoms with Gasteiger partial charge in [-0.2, -0.15) is 0 Å². The highest BCUT2D eigenvalue weighted by molar-refractivity contribution is 5.92. The largest absolute Gasteiger partial charge is 0.393 e. The van der Waals surface area contributed by atoms with Gasteiger partial charge >= 0.3 is 0 Å². The normalized spacial score (nSPS) is 21.0. The third-order valence-electron chi connectivity index (χ3n) is 3.79. The van der Waals surface area contributed by atoms with Gasteiger partial charge in [0.2, 0.25) is 5.91 Å². The number of piperidine rings is 1. The first-order chi connectivity index (χ1) is 9.95. The Morgan fingerprint density at radius 3 is 2.90 bits per heavy atom. The third kappa shape index (κ3) is 4.47. The molecule has 1 fully saturated rings. The highest BCUT2D eigenvalue weighted by Gasteiger charge is 2.24. The molecular weight excluding hydrogens is 278 g/mol. The average molecular weight is 298 g/mol. The number of hydrogen-bond acceptors (Lipinski definition) is 3. The van der Waals surface area contributed by atoms with E-state index in [-0.39, 0.29) is 30.2 Å². The van der Waals surface area contributed by atoms with Gasteiger partial charge in [0.15, 0.2) is 11.6 Å². The maximum absolute atomic E-state index is 13.1. The molecule has 2 atom stereocenters. The summed E-state index contributed by atoms with van der Waals surface area (Å²) in [6.07, 6.45) is 1.51. The van der Waals surface area contributed by atoms with Crippen LogP contribution in [0.25, 0.3) is 0 Å². The fraction of sp³-hybridized carbons (Fsp3) is 0.533. The molecule has 1 aliphatic heterocycles. The first-order valence-corrected chi connectivity index (χ1v) is 7.11. The second kappa shape index (κ2) is 6.95. The Morgan fingerprint density at radius 2 is 2.24 bits per heavy atom. The van der Waals surface area contributed by atoms with Crippen molar-refractivity contribution in [3.63, 3.8) is 0 Å². The van der Waals surface area contributed by atoms with Crippen molar-refractivity contribution < 1.29 is 18.7 Å². The number of benzene rings is 1. The number of rotatable bonds is 4. The van der Waals surface area contributed by atoms with Gasteiger partial charge in [-0.1, -0.05) is 0 Å². The van der Waals surface area contributed by atoms with E-state index >= 15 is 0 Å². The van der Waals surface area contributed by atoms with E-state index in [0.29, 0.717) is 6.54 Å². The molecule has 0 spiro atoms. The summed E-state index contributed by atoms with van der Waals surface area (Å²) in [5, 5.41) is 12.2. The molecule has 1 aromatic rings. The van der Waals surface area contributed by atoms with Crippen molar-refractivity contribution in [2.75, 3.05) is 25.0 Å². The topological polar surface area (TPSA) is 52.6 Å². The van der Waals surface area contributed by atoms with Crippen LogP contribution in [-0.4, -0.2) is 41.7 Å². The number of likely N-dealkylation sites (tertiary alicyclic amines) is 1. The molecular formula is C15H20F2N2O2. The Morgan fingerprint density at radius 1 is 1.48 bits per heavy atom. The predicted octanol–water partition coefficient (Wildman–Crippen LogP) is 2.00. The lowest BCUT2D eigenvalue weighted by atomic mass is 9.93. The maximum Gasteiger partial charge on any atom is 0.238 e. The number of nitrogens with one attached hydrogen (secondary N) is 1. The summed E-state index contributed by atoms with van der Waals surface area (Å²) >= 11 is 0. The van der Waals surface area contributed by atoms with Crippen LogP contribution in [0.3, 0.4) is 0 Å². The summed E-state index contributed by atoms with van der Waals surface area (Å²) in [6, 6.07) is 3.27. The van der Waals surface area contributed by atoms with Gasteiger partial charge in [-0.15, -0.1) is 0 Å².